The van der Waals surface area contributed by atoms with Gasteiger partial charge >= 0.3 is 6.09 Å². The molecule has 2 aliphatic heterocycles. The molecule has 2 saturated heterocycles. The second-order valence-electron chi connectivity index (χ2n) is 12.9. The predicted octanol–water partition coefficient (Wildman–Crippen LogP) is 6.84. The van der Waals surface area contributed by atoms with Gasteiger partial charge < -0.3 is 19.7 Å². The Hall–Kier alpha value is -4.68. The SMILES string of the molecule is O=C(NC[C@]1(c2ccccc2F)[C@@H]2CCN(c3cnc4c(-c5ccnc(F)c5Cl)nn(C5CCCCO5)c4n3)C[C@@H]21)OCc1ccccc1. The molecule has 3 aliphatic rings. The average molecular weight is 686 g/mol. The van der Waals surface area contributed by atoms with Crippen molar-refractivity contribution in [3.8, 4) is 11.3 Å². The van der Waals surface area contributed by atoms with Crippen LogP contribution < -0.4 is 10.2 Å². The van der Waals surface area contributed by atoms with E-state index in [1.165, 1.54) is 12.3 Å². The van der Waals surface area contributed by atoms with Crippen molar-refractivity contribution in [2.45, 2.75) is 43.9 Å². The van der Waals surface area contributed by atoms with Crippen LogP contribution >= 0.6 is 11.6 Å². The van der Waals surface area contributed by atoms with Crippen LogP contribution in [0.15, 0.2) is 73.1 Å². The standard InChI is InChI=1S/C36H34ClF2N7O3/c37-30-23(13-15-40-33(30)39)31-32-34(46(44-31)29-12-6-7-17-48-29)43-28(18-41-32)45-16-14-24-26(19-45)36(24,25-10-4-5-11-27(25)38)21-42-35(47)49-20-22-8-2-1-3-9-22/h1-5,8-11,13,15,18,24,26,29H,6-7,12,14,16-17,19-21H2,(H,42,47)/t24-,26+,29?,36-/m1/s1. The fourth-order valence-electron chi connectivity index (χ4n) is 7.73. The summed E-state index contributed by atoms with van der Waals surface area (Å²) in [6.07, 6.45) is 5.59. The molecule has 1 amide bonds. The van der Waals surface area contributed by atoms with Crippen molar-refractivity contribution in [3.63, 3.8) is 0 Å². The van der Waals surface area contributed by atoms with Crippen LogP contribution in [-0.4, -0.2) is 57.1 Å². The number of hydrogen-bond donors (Lipinski definition) is 1. The highest BCUT2D eigenvalue weighted by Gasteiger charge is 2.67. The number of carbonyl (C=O) groups is 1. The van der Waals surface area contributed by atoms with E-state index < -0.39 is 17.5 Å². The molecule has 1 unspecified atom stereocenters. The normalized spacial score (nSPS) is 23.2. The lowest BCUT2D eigenvalue weighted by atomic mass is 9.90. The van der Waals surface area contributed by atoms with Crippen molar-refractivity contribution in [2.24, 2.45) is 11.8 Å². The van der Waals surface area contributed by atoms with Crippen LogP contribution in [0.25, 0.3) is 22.4 Å². The minimum atomic E-state index is -0.787. The molecule has 3 fully saturated rings. The summed E-state index contributed by atoms with van der Waals surface area (Å²) in [5, 5.41) is 7.63. The number of aromatic nitrogens is 5. The molecule has 252 valence electrons. The Labute approximate surface area is 286 Å². The molecule has 0 bridgehead atoms. The predicted molar refractivity (Wildman–Crippen MR) is 179 cm³/mol. The van der Waals surface area contributed by atoms with E-state index >= 15 is 4.39 Å². The lowest BCUT2D eigenvalue weighted by Crippen LogP contribution is -2.36. The molecule has 5 heterocycles. The molecule has 13 heteroatoms. The van der Waals surface area contributed by atoms with Crippen LogP contribution in [0.3, 0.4) is 0 Å². The first-order valence-corrected chi connectivity index (χ1v) is 16.9. The number of hydrogen-bond acceptors (Lipinski definition) is 8. The largest absolute Gasteiger partial charge is 0.445 e. The van der Waals surface area contributed by atoms with E-state index in [4.69, 9.17) is 36.1 Å². The Balaban J connectivity index is 1.08. The Morgan fingerprint density at radius 3 is 2.69 bits per heavy atom. The maximum atomic E-state index is 15.4. The van der Waals surface area contributed by atoms with E-state index in [-0.39, 0.29) is 42.1 Å². The summed E-state index contributed by atoms with van der Waals surface area (Å²) in [5.41, 5.74) is 2.64. The third-order valence-corrected chi connectivity index (χ3v) is 10.5. The van der Waals surface area contributed by atoms with Crippen molar-refractivity contribution in [1.82, 2.24) is 30.0 Å². The van der Waals surface area contributed by atoms with Gasteiger partial charge in [0.15, 0.2) is 11.9 Å². The molecule has 1 aliphatic carbocycles. The average Bonchev–Trinajstić information content (AvgIpc) is 3.63. The van der Waals surface area contributed by atoms with Crippen LogP contribution in [0.5, 0.6) is 0 Å². The van der Waals surface area contributed by atoms with Crippen molar-refractivity contribution in [1.29, 1.82) is 0 Å². The van der Waals surface area contributed by atoms with E-state index in [2.05, 4.69) is 15.2 Å². The van der Waals surface area contributed by atoms with E-state index in [1.54, 1.807) is 23.0 Å². The number of amides is 1. The van der Waals surface area contributed by atoms with Crippen LogP contribution in [0, 0.1) is 23.6 Å². The smallest absolute Gasteiger partial charge is 0.407 e. The summed E-state index contributed by atoms with van der Waals surface area (Å²) in [4.78, 5) is 28.5. The zero-order valence-corrected chi connectivity index (χ0v) is 27.3. The molecule has 2 aromatic carbocycles. The summed E-state index contributed by atoms with van der Waals surface area (Å²) < 4.78 is 43.1. The number of ether oxygens (including phenoxy) is 2. The number of nitrogens with zero attached hydrogens (tertiary/aromatic N) is 6. The molecule has 49 heavy (non-hydrogen) atoms. The Morgan fingerprint density at radius 2 is 1.88 bits per heavy atom. The second-order valence-corrected chi connectivity index (χ2v) is 13.2. The number of alkyl carbamates (subject to hydrolysis) is 1. The number of rotatable bonds is 8. The third-order valence-electron chi connectivity index (χ3n) is 10.2. The molecule has 0 radical (unpaired) electrons. The first-order valence-electron chi connectivity index (χ1n) is 16.6. The van der Waals surface area contributed by atoms with Gasteiger partial charge in [-0.05, 0) is 60.8 Å². The van der Waals surface area contributed by atoms with E-state index in [0.717, 1.165) is 31.2 Å². The number of piperidine rings is 1. The lowest BCUT2D eigenvalue weighted by Gasteiger charge is -2.27. The summed E-state index contributed by atoms with van der Waals surface area (Å²) in [6.45, 7) is 2.24. The van der Waals surface area contributed by atoms with Gasteiger partial charge in [-0.25, -0.2) is 28.8 Å². The van der Waals surface area contributed by atoms with Gasteiger partial charge in [-0.2, -0.15) is 9.49 Å². The number of pyridine rings is 1. The topological polar surface area (TPSA) is 107 Å². The van der Waals surface area contributed by atoms with E-state index in [0.29, 0.717) is 53.5 Å². The molecule has 8 rings (SSSR count). The highest BCUT2D eigenvalue weighted by molar-refractivity contribution is 6.33. The molecular formula is C36H34ClF2N7O3. The lowest BCUT2D eigenvalue weighted by molar-refractivity contribution is -0.0368. The van der Waals surface area contributed by atoms with Gasteiger partial charge in [0.05, 0.1) is 6.20 Å². The summed E-state index contributed by atoms with van der Waals surface area (Å²) in [5.74, 6) is -0.232. The van der Waals surface area contributed by atoms with Gasteiger partial charge in [-0.3, -0.25) is 0 Å². The van der Waals surface area contributed by atoms with Gasteiger partial charge in [0.1, 0.15) is 34.5 Å². The van der Waals surface area contributed by atoms with Crippen LogP contribution in [0.4, 0.5) is 19.4 Å². The van der Waals surface area contributed by atoms with Gasteiger partial charge in [-0.15, -0.1) is 0 Å². The maximum Gasteiger partial charge on any atom is 0.407 e. The molecule has 1 N–H and O–H groups in total. The minimum Gasteiger partial charge on any atom is -0.445 e. The van der Waals surface area contributed by atoms with Crippen molar-refractivity contribution in [3.05, 3.63) is 101 Å². The number of halogens is 3. The van der Waals surface area contributed by atoms with Gasteiger partial charge in [0, 0.05) is 43.4 Å². The van der Waals surface area contributed by atoms with Gasteiger partial charge in [0.2, 0.25) is 5.95 Å². The zero-order valence-electron chi connectivity index (χ0n) is 26.6. The van der Waals surface area contributed by atoms with Crippen LogP contribution in [0.2, 0.25) is 5.02 Å². The highest BCUT2D eigenvalue weighted by Crippen LogP contribution is 2.63. The molecule has 5 aromatic rings. The van der Waals surface area contributed by atoms with Crippen molar-refractivity contribution >= 4 is 34.7 Å². The van der Waals surface area contributed by atoms with E-state index in [1.807, 2.05) is 42.5 Å². The molecule has 0 spiro atoms. The quantitative estimate of drug-likeness (QED) is 0.177. The number of carbonyl (C=O) groups excluding carboxylic acids is 1. The van der Waals surface area contributed by atoms with Crippen LogP contribution in [0.1, 0.15) is 43.0 Å². The highest BCUT2D eigenvalue weighted by atomic mass is 35.5. The van der Waals surface area contributed by atoms with Crippen molar-refractivity contribution in [2.75, 3.05) is 31.1 Å². The van der Waals surface area contributed by atoms with Gasteiger partial charge in [-0.1, -0.05) is 60.1 Å². The van der Waals surface area contributed by atoms with Gasteiger partial charge in [0.25, 0.3) is 0 Å². The minimum absolute atomic E-state index is 0.0471. The molecule has 10 nitrogen and oxygen atoms in total. The number of nitrogens with one attached hydrogen (secondary N) is 1. The number of fused-ring (bicyclic) bond motifs is 2. The monoisotopic (exact) mass is 685 g/mol. The molecule has 3 aromatic heterocycles. The first-order chi connectivity index (χ1) is 23.9. The summed E-state index contributed by atoms with van der Waals surface area (Å²) >= 11 is 6.34. The first kappa shape index (κ1) is 31.6. The second kappa shape index (κ2) is 13.0. The zero-order chi connectivity index (χ0) is 33.5. The van der Waals surface area contributed by atoms with Crippen molar-refractivity contribution < 1.29 is 23.0 Å². The van der Waals surface area contributed by atoms with Crippen LogP contribution in [-0.2, 0) is 21.5 Å². The summed E-state index contributed by atoms with van der Waals surface area (Å²) in [7, 11) is 0. The Bertz CT molecular complexity index is 2010. The molecular weight excluding hydrogens is 652 g/mol. The fourth-order valence-corrected chi connectivity index (χ4v) is 7.93. The number of anilines is 1. The Morgan fingerprint density at radius 1 is 1.04 bits per heavy atom. The van der Waals surface area contributed by atoms with E-state index in [9.17, 15) is 9.18 Å². The Kier molecular flexibility index (Phi) is 8.36. The maximum absolute atomic E-state index is 15.4. The summed E-state index contributed by atoms with van der Waals surface area (Å²) in [6, 6.07) is 17.9. The number of benzene rings is 2. The fraction of sp³-hybridized carbons (Fsp3) is 0.361. The molecule has 1 saturated carbocycles. The molecule has 4 atom stereocenters. The third kappa shape index (κ3) is 5.76.